The molecule has 0 spiro atoms. The Morgan fingerprint density at radius 2 is 1.83 bits per heavy atom. The zero-order valence-corrected chi connectivity index (χ0v) is 17.0. The van der Waals surface area contributed by atoms with Gasteiger partial charge in [0.05, 0.1) is 6.04 Å². The lowest BCUT2D eigenvalue weighted by Crippen LogP contribution is -2.33. The zero-order valence-electron chi connectivity index (χ0n) is 17.0. The fourth-order valence-corrected chi connectivity index (χ4v) is 4.68. The van der Waals surface area contributed by atoms with Crippen molar-refractivity contribution in [3.63, 3.8) is 0 Å². The summed E-state index contributed by atoms with van der Waals surface area (Å²) >= 11 is 0. The van der Waals surface area contributed by atoms with E-state index >= 15 is 0 Å². The van der Waals surface area contributed by atoms with Crippen LogP contribution in [0.5, 0.6) is 5.88 Å². The van der Waals surface area contributed by atoms with Crippen LogP contribution in [0.2, 0.25) is 0 Å². The van der Waals surface area contributed by atoms with Crippen LogP contribution >= 0.6 is 0 Å². The van der Waals surface area contributed by atoms with Gasteiger partial charge in [-0.2, -0.15) is 10.2 Å². The molecule has 2 unspecified atom stereocenters. The van der Waals surface area contributed by atoms with Gasteiger partial charge in [-0.05, 0) is 55.6 Å². The van der Waals surface area contributed by atoms with E-state index in [1.807, 2.05) is 6.92 Å². The highest BCUT2D eigenvalue weighted by molar-refractivity contribution is 5.69. The summed E-state index contributed by atoms with van der Waals surface area (Å²) in [5, 5.41) is 17.8. The van der Waals surface area contributed by atoms with Gasteiger partial charge in [-0.1, -0.05) is 29.5 Å². The van der Waals surface area contributed by atoms with E-state index in [0.717, 1.165) is 12.2 Å². The number of anilines is 2. The number of fused-ring (bicyclic) bond motifs is 1. The molecule has 4 N–H and O–H groups in total. The van der Waals surface area contributed by atoms with Crippen LogP contribution in [0.3, 0.4) is 0 Å². The number of H-pyrrole nitrogens is 1. The number of nitrogens with zero attached hydrogens (tertiary/aromatic N) is 5. The van der Waals surface area contributed by atoms with E-state index < -0.39 is 0 Å². The summed E-state index contributed by atoms with van der Waals surface area (Å²) in [6.07, 6.45) is 7.08. The Hall–Kier alpha value is -3.23. The number of tetrazole rings is 1. The summed E-state index contributed by atoms with van der Waals surface area (Å²) in [6.45, 7) is 2.04. The van der Waals surface area contributed by atoms with Crippen LogP contribution in [0.4, 0.5) is 11.5 Å². The second kappa shape index (κ2) is 7.89. The maximum atomic E-state index is 6.00. The average Bonchev–Trinajstić information content (AvgIpc) is 3.27. The Labute approximate surface area is 174 Å². The third kappa shape index (κ3) is 3.67. The lowest BCUT2D eigenvalue weighted by atomic mass is 9.77. The van der Waals surface area contributed by atoms with Crippen LogP contribution in [-0.2, 0) is 6.42 Å². The predicted octanol–water partition coefficient (Wildman–Crippen LogP) is 3.02. The second-order valence-electron chi connectivity index (χ2n) is 8.30. The number of nitrogens with two attached hydrogens (primary N) is 1. The highest BCUT2D eigenvalue weighted by atomic mass is 16.5. The summed E-state index contributed by atoms with van der Waals surface area (Å²) in [6, 6.07) is 8.92. The fourth-order valence-electron chi connectivity index (χ4n) is 4.68. The lowest BCUT2D eigenvalue weighted by molar-refractivity contribution is 0.179. The molecular formula is C21H26N8O. The number of nitrogens with one attached hydrogen (secondary N) is 2. The van der Waals surface area contributed by atoms with E-state index in [1.165, 1.54) is 43.1 Å². The van der Waals surface area contributed by atoms with Crippen LogP contribution in [0, 0.1) is 5.92 Å². The standard InChI is InChI=1S/C21H26N8O/c1-12-18(25-19-20(22)23-11-24-21(19)30-12)16-8-6-15(7-9-16)14-4-2-13(3-5-14)10-17-26-28-29-27-17/h6-9,11-14,18,25H,2-5,10H2,1H3,(H2,22,23,24)(H,26,27,28,29). The molecule has 1 aliphatic carbocycles. The first kappa shape index (κ1) is 18.8. The van der Waals surface area contributed by atoms with Crippen LogP contribution in [0.15, 0.2) is 30.6 Å². The summed E-state index contributed by atoms with van der Waals surface area (Å²) in [7, 11) is 0. The number of aromatic amines is 1. The Balaban J connectivity index is 1.23. The predicted molar refractivity (Wildman–Crippen MR) is 112 cm³/mol. The molecule has 30 heavy (non-hydrogen) atoms. The van der Waals surface area contributed by atoms with Crippen molar-refractivity contribution in [3.8, 4) is 5.88 Å². The van der Waals surface area contributed by atoms with Gasteiger partial charge >= 0.3 is 0 Å². The monoisotopic (exact) mass is 406 g/mol. The number of benzene rings is 1. The molecule has 1 aliphatic heterocycles. The van der Waals surface area contributed by atoms with Gasteiger partial charge in [0.2, 0.25) is 5.88 Å². The first-order chi connectivity index (χ1) is 14.7. The minimum Gasteiger partial charge on any atom is -0.470 e. The van der Waals surface area contributed by atoms with Gasteiger partial charge in [0.1, 0.15) is 18.1 Å². The van der Waals surface area contributed by atoms with Crippen molar-refractivity contribution >= 4 is 11.5 Å². The Kier molecular flexibility index (Phi) is 4.94. The largest absolute Gasteiger partial charge is 0.470 e. The third-order valence-corrected chi connectivity index (χ3v) is 6.38. The Morgan fingerprint density at radius 3 is 2.57 bits per heavy atom. The van der Waals surface area contributed by atoms with E-state index in [0.29, 0.717) is 29.2 Å². The first-order valence-electron chi connectivity index (χ1n) is 10.5. The minimum atomic E-state index is -0.0572. The summed E-state index contributed by atoms with van der Waals surface area (Å²) < 4.78 is 5.97. The molecule has 9 heteroatoms. The highest BCUT2D eigenvalue weighted by Gasteiger charge is 2.30. The zero-order chi connectivity index (χ0) is 20.5. The van der Waals surface area contributed by atoms with Crippen molar-refractivity contribution in [1.29, 1.82) is 0 Å². The van der Waals surface area contributed by atoms with Gasteiger partial charge in [-0.3, -0.25) is 0 Å². The quantitative estimate of drug-likeness (QED) is 0.603. The average molecular weight is 406 g/mol. The fraction of sp³-hybridized carbons (Fsp3) is 0.476. The summed E-state index contributed by atoms with van der Waals surface area (Å²) in [4.78, 5) is 8.24. The van der Waals surface area contributed by atoms with Crippen LogP contribution in [0.25, 0.3) is 0 Å². The Morgan fingerprint density at radius 1 is 1.07 bits per heavy atom. The van der Waals surface area contributed by atoms with E-state index in [4.69, 9.17) is 10.5 Å². The highest BCUT2D eigenvalue weighted by Crippen LogP contribution is 2.40. The van der Waals surface area contributed by atoms with Crippen molar-refractivity contribution in [2.24, 2.45) is 5.92 Å². The number of ether oxygens (including phenoxy) is 1. The molecule has 3 aromatic rings. The molecule has 3 heterocycles. The van der Waals surface area contributed by atoms with Gasteiger partial charge in [0.25, 0.3) is 0 Å². The molecule has 5 rings (SSSR count). The van der Waals surface area contributed by atoms with Gasteiger partial charge in [-0.25, -0.2) is 4.98 Å². The summed E-state index contributed by atoms with van der Waals surface area (Å²) in [5.74, 6) is 3.01. The third-order valence-electron chi connectivity index (χ3n) is 6.38. The maximum Gasteiger partial charge on any atom is 0.243 e. The van der Waals surface area contributed by atoms with Gasteiger partial charge in [0, 0.05) is 6.42 Å². The number of nitrogen functional groups attached to an aromatic ring is 1. The number of hydrogen-bond donors (Lipinski definition) is 3. The van der Waals surface area contributed by atoms with Crippen molar-refractivity contribution in [2.75, 3.05) is 11.1 Å². The normalized spacial score (nSPS) is 25.8. The molecule has 0 bridgehead atoms. The van der Waals surface area contributed by atoms with Crippen molar-refractivity contribution in [3.05, 3.63) is 47.5 Å². The SMILES string of the molecule is CC1Oc2ncnc(N)c2NC1c1ccc(C2CCC(Cc3nn[nH]n3)CC2)cc1. The van der Waals surface area contributed by atoms with Crippen molar-refractivity contribution in [1.82, 2.24) is 30.6 Å². The molecule has 1 fully saturated rings. The van der Waals surface area contributed by atoms with E-state index in [9.17, 15) is 0 Å². The van der Waals surface area contributed by atoms with Crippen molar-refractivity contribution in [2.45, 2.75) is 57.1 Å². The number of hydrogen-bond acceptors (Lipinski definition) is 8. The minimum absolute atomic E-state index is 0.00514. The smallest absolute Gasteiger partial charge is 0.243 e. The van der Waals surface area contributed by atoms with Gasteiger partial charge in [0.15, 0.2) is 11.6 Å². The molecule has 0 saturated heterocycles. The molecule has 1 aromatic carbocycles. The molecule has 1 saturated carbocycles. The molecule has 2 aliphatic rings. The van der Waals surface area contributed by atoms with Gasteiger partial charge < -0.3 is 15.8 Å². The van der Waals surface area contributed by atoms with Crippen molar-refractivity contribution < 1.29 is 4.74 Å². The van der Waals surface area contributed by atoms with E-state index in [-0.39, 0.29) is 12.1 Å². The molecule has 0 radical (unpaired) electrons. The molecule has 2 aromatic heterocycles. The number of aromatic nitrogens is 6. The molecule has 0 amide bonds. The molecule has 9 nitrogen and oxygen atoms in total. The maximum absolute atomic E-state index is 6.00. The lowest BCUT2D eigenvalue weighted by Gasteiger charge is -2.33. The topological polar surface area (TPSA) is 128 Å². The first-order valence-corrected chi connectivity index (χ1v) is 10.5. The Bertz CT molecular complexity index is 983. The molecule has 2 atom stereocenters. The van der Waals surface area contributed by atoms with Crippen LogP contribution in [0.1, 0.15) is 61.5 Å². The van der Waals surface area contributed by atoms with E-state index in [2.05, 4.69) is 60.2 Å². The van der Waals surface area contributed by atoms with E-state index in [1.54, 1.807) is 0 Å². The summed E-state index contributed by atoms with van der Waals surface area (Å²) in [5.41, 5.74) is 9.25. The molecular weight excluding hydrogens is 380 g/mol. The van der Waals surface area contributed by atoms with Crippen LogP contribution < -0.4 is 15.8 Å². The van der Waals surface area contributed by atoms with Crippen LogP contribution in [-0.4, -0.2) is 36.7 Å². The van der Waals surface area contributed by atoms with Gasteiger partial charge in [-0.15, -0.1) is 10.2 Å². The second-order valence-corrected chi connectivity index (χ2v) is 8.30. The molecule has 156 valence electrons. The number of rotatable bonds is 4.